The zero-order valence-electron chi connectivity index (χ0n) is 3.59. The van der Waals surface area contributed by atoms with Crippen molar-refractivity contribution in [3.63, 3.8) is 0 Å². The van der Waals surface area contributed by atoms with E-state index in [9.17, 15) is 0 Å². The van der Waals surface area contributed by atoms with Crippen LogP contribution in [-0.4, -0.2) is 42.8 Å². The molecular weight excluding hydrogens is 89.8 g/mol. The van der Waals surface area contributed by atoms with Gasteiger partial charge in [-0.05, 0) is 6.92 Å². The van der Waals surface area contributed by atoms with Crippen molar-refractivity contribution < 1.29 is 14.7 Å². The quantitative estimate of drug-likeness (QED) is 0.406. The fraction of sp³-hybridized carbons (Fsp3) is 1.00. The van der Waals surface area contributed by atoms with E-state index in [-0.39, 0.29) is 18.9 Å². The van der Waals surface area contributed by atoms with Gasteiger partial charge in [0, 0.05) is 6.61 Å². The minimum absolute atomic E-state index is 0. The summed E-state index contributed by atoms with van der Waals surface area (Å²) in [5, 5.41) is 15.8. The van der Waals surface area contributed by atoms with Gasteiger partial charge in [-0.2, -0.15) is 0 Å². The zero-order valence-corrected chi connectivity index (χ0v) is 3.59. The fourth-order valence-electron chi connectivity index (χ4n) is 0.149. The van der Waals surface area contributed by atoms with Crippen molar-refractivity contribution in [2.75, 3.05) is 6.61 Å². The average Bonchev–Trinajstić information content (AvgIpc) is 1.35. The minimum atomic E-state index is -1.60. The van der Waals surface area contributed by atoms with E-state index in [4.69, 9.17) is 10.0 Å². The normalized spacial score (nSPS) is 7.29. The van der Waals surface area contributed by atoms with E-state index in [2.05, 4.69) is 4.65 Å². The Morgan fingerprint density at radius 2 is 2.00 bits per heavy atom. The van der Waals surface area contributed by atoms with Gasteiger partial charge in [-0.25, -0.2) is 0 Å². The molecule has 0 saturated heterocycles. The summed E-state index contributed by atoms with van der Waals surface area (Å²) in [7, 11) is -1.60. The second-order valence-electron chi connectivity index (χ2n) is 0.782. The average molecular weight is 97.8 g/mol. The van der Waals surface area contributed by atoms with Crippen LogP contribution >= 0.6 is 0 Å². The van der Waals surface area contributed by atoms with E-state index in [0.29, 0.717) is 6.61 Å². The van der Waals surface area contributed by atoms with Gasteiger partial charge in [0.2, 0.25) is 0 Å². The number of rotatable bonds is 2. The maximum atomic E-state index is 7.89. The van der Waals surface area contributed by atoms with Crippen LogP contribution in [0, 0.1) is 0 Å². The Hall–Kier alpha value is 0.542. The predicted molar refractivity (Wildman–Crippen MR) is 29.0 cm³/mol. The van der Waals surface area contributed by atoms with Gasteiger partial charge in [-0.3, -0.25) is 0 Å². The molecule has 0 aromatic rings. The molecule has 0 amide bonds. The molecular formula is C2H8BLiO3. The predicted octanol–water partition coefficient (Wildman–Crippen LogP) is -1.66. The molecule has 0 spiro atoms. The molecule has 0 aliphatic heterocycles. The molecule has 0 aromatic carbocycles. The van der Waals surface area contributed by atoms with Gasteiger partial charge in [0.05, 0.1) is 0 Å². The first kappa shape index (κ1) is 10.5. The van der Waals surface area contributed by atoms with E-state index in [1.165, 1.54) is 0 Å². The second kappa shape index (κ2) is 6.54. The molecule has 0 unspecified atom stereocenters. The third-order valence-electron chi connectivity index (χ3n) is 0.316. The van der Waals surface area contributed by atoms with E-state index >= 15 is 0 Å². The SMILES string of the molecule is CCOB(O)O.[LiH]. The van der Waals surface area contributed by atoms with Crippen LogP contribution in [0.5, 0.6) is 0 Å². The summed E-state index contributed by atoms with van der Waals surface area (Å²) in [6.45, 7) is 2.01. The monoisotopic (exact) mass is 98.1 g/mol. The van der Waals surface area contributed by atoms with Crippen LogP contribution in [0.15, 0.2) is 0 Å². The van der Waals surface area contributed by atoms with Crippen molar-refractivity contribution in [1.29, 1.82) is 0 Å². The summed E-state index contributed by atoms with van der Waals surface area (Å²) in [6, 6.07) is 0. The zero-order chi connectivity index (χ0) is 4.99. The van der Waals surface area contributed by atoms with Crippen LogP contribution in [-0.2, 0) is 4.65 Å². The van der Waals surface area contributed by atoms with E-state index in [0.717, 1.165) is 0 Å². The molecule has 7 heavy (non-hydrogen) atoms. The van der Waals surface area contributed by atoms with E-state index in [1.54, 1.807) is 6.92 Å². The first-order valence-electron chi connectivity index (χ1n) is 1.75. The molecule has 0 aliphatic carbocycles. The van der Waals surface area contributed by atoms with Crippen molar-refractivity contribution in [3.8, 4) is 0 Å². The molecule has 2 N–H and O–H groups in total. The maximum absolute atomic E-state index is 7.89. The Morgan fingerprint density at radius 3 is 2.00 bits per heavy atom. The van der Waals surface area contributed by atoms with Crippen LogP contribution in [0.2, 0.25) is 0 Å². The molecule has 38 valence electrons. The molecule has 0 fully saturated rings. The van der Waals surface area contributed by atoms with Crippen LogP contribution in [0.25, 0.3) is 0 Å². The summed E-state index contributed by atoms with van der Waals surface area (Å²) in [4.78, 5) is 0. The topological polar surface area (TPSA) is 49.7 Å². The van der Waals surface area contributed by atoms with Crippen molar-refractivity contribution in [2.24, 2.45) is 0 Å². The molecule has 0 bridgehead atoms. The van der Waals surface area contributed by atoms with Gasteiger partial charge < -0.3 is 14.7 Å². The Kier molecular flexibility index (Phi) is 9.82. The fourth-order valence-corrected chi connectivity index (χ4v) is 0.149. The van der Waals surface area contributed by atoms with E-state index in [1.807, 2.05) is 0 Å². The number of hydrogen-bond acceptors (Lipinski definition) is 3. The Balaban J connectivity index is 0. The molecule has 0 aromatic heterocycles. The summed E-state index contributed by atoms with van der Waals surface area (Å²) in [5.41, 5.74) is 0. The standard InChI is InChI=1S/C2H7BO3.Li.H/c1-2-6-3(4)5;;/h4-5H,2H2,1H3;;. The molecule has 0 rings (SSSR count). The van der Waals surface area contributed by atoms with Crippen LogP contribution < -0.4 is 0 Å². The van der Waals surface area contributed by atoms with Crippen molar-refractivity contribution >= 4 is 26.2 Å². The summed E-state index contributed by atoms with van der Waals surface area (Å²) in [6.07, 6.45) is 0. The van der Waals surface area contributed by atoms with Gasteiger partial charge in [-0.15, -0.1) is 0 Å². The molecule has 5 heteroatoms. The van der Waals surface area contributed by atoms with E-state index < -0.39 is 7.32 Å². The summed E-state index contributed by atoms with van der Waals surface area (Å²) >= 11 is 0. The van der Waals surface area contributed by atoms with Gasteiger partial charge in [0.1, 0.15) is 0 Å². The van der Waals surface area contributed by atoms with Gasteiger partial charge in [-0.1, -0.05) is 0 Å². The summed E-state index contributed by atoms with van der Waals surface area (Å²) < 4.78 is 4.15. The van der Waals surface area contributed by atoms with Gasteiger partial charge in [0.15, 0.2) is 0 Å². The Labute approximate surface area is 55.0 Å². The van der Waals surface area contributed by atoms with Crippen molar-refractivity contribution in [2.45, 2.75) is 6.92 Å². The second-order valence-corrected chi connectivity index (χ2v) is 0.782. The van der Waals surface area contributed by atoms with Crippen LogP contribution in [0.1, 0.15) is 6.92 Å². The Bertz CT molecular complexity index is 34.1. The molecule has 0 radical (unpaired) electrons. The van der Waals surface area contributed by atoms with Gasteiger partial charge >= 0.3 is 26.2 Å². The van der Waals surface area contributed by atoms with Crippen molar-refractivity contribution in [1.82, 2.24) is 0 Å². The Morgan fingerprint density at radius 1 is 1.57 bits per heavy atom. The molecule has 0 heterocycles. The number of hydrogen-bond donors (Lipinski definition) is 2. The molecule has 0 atom stereocenters. The molecule has 0 saturated carbocycles. The molecule has 0 aliphatic rings. The third kappa shape index (κ3) is 10.8. The molecule has 3 nitrogen and oxygen atoms in total. The van der Waals surface area contributed by atoms with Crippen molar-refractivity contribution in [3.05, 3.63) is 0 Å². The first-order valence-corrected chi connectivity index (χ1v) is 1.75. The third-order valence-corrected chi connectivity index (χ3v) is 0.316. The first-order chi connectivity index (χ1) is 2.77. The van der Waals surface area contributed by atoms with Gasteiger partial charge in [0.25, 0.3) is 0 Å². The van der Waals surface area contributed by atoms with Crippen LogP contribution in [0.3, 0.4) is 0 Å². The summed E-state index contributed by atoms with van der Waals surface area (Å²) in [5.74, 6) is 0. The van der Waals surface area contributed by atoms with Crippen LogP contribution in [0.4, 0.5) is 0 Å².